The summed E-state index contributed by atoms with van der Waals surface area (Å²) in [5.41, 5.74) is 1.86. The van der Waals surface area contributed by atoms with Crippen molar-refractivity contribution in [3.8, 4) is 0 Å². The number of amides is 2. The van der Waals surface area contributed by atoms with Crippen LogP contribution in [0, 0.1) is 6.92 Å². The van der Waals surface area contributed by atoms with E-state index in [2.05, 4.69) is 5.32 Å². The average Bonchev–Trinajstić information content (AvgIpc) is 2.90. The van der Waals surface area contributed by atoms with Gasteiger partial charge in [0.2, 0.25) is 11.8 Å². The van der Waals surface area contributed by atoms with Crippen LogP contribution in [-0.4, -0.2) is 44.3 Å². The Kier molecular flexibility index (Phi) is 9.72. The van der Waals surface area contributed by atoms with Gasteiger partial charge < -0.3 is 10.2 Å². The van der Waals surface area contributed by atoms with Crippen LogP contribution in [0.5, 0.6) is 0 Å². The molecule has 196 valence electrons. The van der Waals surface area contributed by atoms with E-state index >= 15 is 0 Å². The molecule has 0 bridgehead atoms. The number of hydrogen-bond acceptors (Lipinski definition) is 4. The summed E-state index contributed by atoms with van der Waals surface area (Å²) in [6.45, 7) is 5.49. The van der Waals surface area contributed by atoms with Crippen LogP contribution in [0.1, 0.15) is 31.4 Å². The van der Waals surface area contributed by atoms with E-state index in [1.165, 1.54) is 17.0 Å². The lowest BCUT2D eigenvalue weighted by Gasteiger charge is -2.32. The first-order chi connectivity index (χ1) is 17.6. The lowest BCUT2D eigenvalue weighted by atomic mass is 10.1. The fourth-order valence-electron chi connectivity index (χ4n) is 3.84. The number of halogens is 1. The number of hydrogen-bond donors (Lipinski definition) is 1. The molecule has 0 aromatic heterocycles. The minimum atomic E-state index is -4.08. The van der Waals surface area contributed by atoms with Crippen molar-refractivity contribution in [1.29, 1.82) is 0 Å². The molecule has 3 rings (SSSR count). The molecule has 3 aromatic rings. The molecule has 0 aliphatic carbocycles. The van der Waals surface area contributed by atoms with Crippen molar-refractivity contribution in [3.05, 3.63) is 95.0 Å². The van der Waals surface area contributed by atoms with Crippen LogP contribution in [0.25, 0.3) is 0 Å². The van der Waals surface area contributed by atoms with Gasteiger partial charge in [0.15, 0.2) is 0 Å². The van der Waals surface area contributed by atoms with Crippen LogP contribution in [-0.2, 0) is 26.2 Å². The zero-order valence-electron chi connectivity index (χ0n) is 21.2. The minimum absolute atomic E-state index is 0.0732. The van der Waals surface area contributed by atoms with Gasteiger partial charge in [-0.1, -0.05) is 67.1 Å². The number of carbonyl (C=O) groups excluding carboxylic acids is 2. The van der Waals surface area contributed by atoms with Crippen molar-refractivity contribution in [2.24, 2.45) is 0 Å². The molecule has 3 aromatic carbocycles. The maximum atomic E-state index is 13.8. The molecular weight excluding hydrogens is 510 g/mol. The normalized spacial score (nSPS) is 12.0. The molecule has 0 unspecified atom stereocenters. The second-order valence-corrected chi connectivity index (χ2v) is 11.0. The highest BCUT2D eigenvalue weighted by Crippen LogP contribution is 2.27. The topological polar surface area (TPSA) is 86.8 Å². The Morgan fingerprint density at radius 2 is 1.57 bits per heavy atom. The standard InChI is InChI=1S/C28H32ClN3O4S/c1-4-18-30-28(34)22(3)31(19-23-14-16-24(29)17-15-23)27(33)20-32(26-13-9-8-10-21(26)2)37(35,36)25-11-6-5-7-12-25/h5-17,22H,4,18-20H2,1-3H3,(H,30,34)/t22-/m0/s1. The Morgan fingerprint density at radius 3 is 2.19 bits per heavy atom. The molecule has 1 atom stereocenters. The Hall–Kier alpha value is -3.36. The summed E-state index contributed by atoms with van der Waals surface area (Å²) in [5.74, 6) is -0.811. The summed E-state index contributed by atoms with van der Waals surface area (Å²) >= 11 is 6.02. The molecule has 0 spiro atoms. The van der Waals surface area contributed by atoms with Gasteiger partial charge >= 0.3 is 0 Å². The summed E-state index contributed by atoms with van der Waals surface area (Å²) in [7, 11) is -4.08. The molecule has 37 heavy (non-hydrogen) atoms. The Bertz CT molecular complexity index is 1310. The summed E-state index contributed by atoms with van der Waals surface area (Å²) in [6.07, 6.45) is 0.750. The van der Waals surface area contributed by atoms with Crippen molar-refractivity contribution in [2.45, 2.75) is 44.7 Å². The second kappa shape index (κ2) is 12.7. The second-order valence-electron chi connectivity index (χ2n) is 8.73. The quantitative estimate of drug-likeness (QED) is 0.378. The minimum Gasteiger partial charge on any atom is -0.354 e. The van der Waals surface area contributed by atoms with Crippen LogP contribution in [0.2, 0.25) is 5.02 Å². The van der Waals surface area contributed by atoms with Gasteiger partial charge in [0.1, 0.15) is 12.6 Å². The number of nitrogens with one attached hydrogen (secondary N) is 1. The first-order valence-electron chi connectivity index (χ1n) is 12.1. The van der Waals surface area contributed by atoms with E-state index in [1.54, 1.807) is 80.6 Å². The van der Waals surface area contributed by atoms with Gasteiger partial charge in [-0.15, -0.1) is 0 Å². The third-order valence-electron chi connectivity index (χ3n) is 5.98. The highest BCUT2D eigenvalue weighted by atomic mass is 35.5. The third-order valence-corrected chi connectivity index (χ3v) is 8.00. The zero-order valence-corrected chi connectivity index (χ0v) is 22.8. The fourth-order valence-corrected chi connectivity index (χ4v) is 5.47. The Morgan fingerprint density at radius 1 is 0.946 bits per heavy atom. The van der Waals surface area contributed by atoms with Gasteiger partial charge in [-0.2, -0.15) is 0 Å². The number of carbonyl (C=O) groups is 2. The summed E-state index contributed by atoms with van der Waals surface area (Å²) in [5, 5.41) is 3.38. The molecule has 7 nitrogen and oxygen atoms in total. The SMILES string of the molecule is CCCNC(=O)[C@H](C)N(Cc1ccc(Cl)cc1)C(=O)CN(c1ccccc1C)S(=O)(=O)c1ccccc1. The predicted octanol–water partition coefficient (Wildman–Crippen LogP) is 4.79. The highest BCUT2D eigenvalue weighted by molar-refractivity contribution is 7.92. The monoisotopic (exact) mass is 541 g/mol. The van der Waals surface area contributed by atoms with Crippen LogP contribution in [0.4, 0.5) is 5.69 Å². The lowest BCUT2D eigenvalue weighted by molar-refractivity contribution is -0.139. The van der Waals surface area contributed by atoms with Gasteiger partial charge in [-0.3, -0.25) is 13.9 Å². The molecule has 0 saturated heterocycles. The van der Waals surface area contributed by atoms with Crippen LogP contribution >= 0.6 is 11.6 Å². The van der Waals surface area contributed by atoms with Crippen molar-refractivity contribution in [2.75, 3.05) is 17.4 Å². The molecule has 1 N–H and O–H groups in total. The first-order valence-corrected chi connectivity index (χ1v) is 13.9. The maximum Gasteiger partial charge on any atom is 0.264 e. The van der Waals surface area contributed by atoms with E-state index in [1.807, 2.05) is 6.92 Å². The number of para-hydroxylation sites is 1. The van der Waals surface area contributed by atoms with Crippen molar-refractivity contribution in [1.82, 2.24) is 10.2 Å². The highest BCUT2D eigenvalue weighted by Gasteiger charge is 2.32. The summed E-state index contributed by atoms with van der Waals surface area (Å²) < 4.78 is 28.6. The molecule has 0 aliphatic heterocycles. The summed E-state index contributed by atoms with van der Waals surface area (Å²) in [6, 6.07) is 21.1. The molecular formula is C28H32ClN3O4S. The molecule has 2 amide bonds. The number of sulfonamides is 1. The van der Waals surface area contributed by atoms with Gasteiger partial charge in [-0.25, -0.2) is 8.42 Å². The largest absolute Gasteiger partial charge is 0.354 e. The molecule has 9 heteroatoms. The van der Waals surface area contributed by atoms with E-state index in [0.717, 1.165) is 16.3 Å². The van der Waals surface area contributed by atoms with Crippen molar-refractivity contribution in [3.63, 3.8) is 0 Å². The molecule has 0 aliphatic rings. The van der Waals surface area contributed by atoms with Crippen LogP contribution < -0.4 is 9.62 Å². The van der Waals surface area contributed by atoms with E-state index in [4.69, 9.17) is 11.6 Å². The van der Waals surface area contributed by atoms with Gasteiger partial charge in [0.25, 0.3) is 10.0 Å². The fraction of sp³-hybridized carbons (Fsp3) is 0.286. The molecule has 0 saturated carbocycles. The van der Waals surface area contributed by atoms with Crippen LogP contribution in [0.3, 0.4) is 0 Å². The van der Waals surface area contributed by atoms with Gasteiger partial charge in [0, 0.05) is 18.1 Å². The number of rotatable bonds is 11. The van der Waals surface area contributed by atoms with Gasteiger partial charge in [0.05, 0.1) is 10.6 Å². The van der Waals surface area contributed by atoms with Crippen LogP contribution in [0.15, 0.2) is 83.8 Å². The number of anilines is 1. The van der Waals surface area contributed by atoms with Crippen molar-refractivity contribution >= 4 is 39.1 Å². The molecule has 0 heterocycles. The van der Waals surface area contributed by atoms with Crippen molar-refractivity contribution < 1.29 is 18.0 Å². The molecule has 0 radical (unpaired) electrons. The average molecular weight is 542 g/mol. The van der Waals surface area contributed by atoms with E-state index < -0.39 is 28.5 Å². The van der Waals surface area contributed by atoms with E-state index in [0.29, 0.717) is 22.8 Å². The number of nitrogens with zero attached hydrogens (tertiary/aromatic N) is 2. The predicted molar refractivity (Wildman–Crippen MR) is 147 cm³/mol. The Balaban J connectivity index is 2.01. The smallest absolute Gasteiger partial charge is 0.264 e. The van der Waals surface area contributed by atoms with Gasteiger partial charge in [-0.05, 0) is 61.7 Å². The Labute approximate surface area is 224 Å². The van der Waals surface area contributed by atoms with E-state index in [9.17, 15) is 18.0 Å². The maximum absolute atomic E-state index is 13.8. The summed E-state index contributed by atoms with van der Waals surface area (Å²) in [4.78, 5) is 28.2. The number of aryl methyl sites for hydroxylation is 1. The first kappa shape index (κ1) is 28.2. The van der Waals surface area contributed by atoms with E-state index in [-0.39, 0.29) is 17.3 Å². The molecule has 0 fully saturated rings. The lowest BCUT2D eigenvalue weighted by Crippen LogP contribution is -2.51. The number of benzene rings is 3. The third kappa shape index (κ3) is 7.11. The zero-order chi connectivity index (χ0) is 27.0.